The normalized spacial score (nSPS) is 14.8. The SMILES string of the molecule is CC/C=C\C/C=C\C/C=C\C/C=C\C/C=C\CC(=O)OC(COCCCCCCCCC/C=C\C/C=C\C/C=C\CCCCCCC)COP(=O)(O)OCC(N)C(=O)O. The molecule has 0 aromatic heterocycles. The van der Waals surface area contributed by atoms with Crippen LogP contribution in [0.2, 0.25) is 0 Å². The number of hydrogen-bond acceptors (Lipinski definition) is 8. The monoisotopic (exact) mass is 846 g/mol. The van der Waals surface area contributed by atoms with Crippen molar-refractivity contribution in [2.45, 2.75) is 167 Å². The first-order valence-corrected chi connectivity index (χ1v) is 23.8. The quantitative estimate of drug-likeness (QED) is 0.0234. The summed E-state index contributed by atoms with van der Waals surface area (Å²) in [7, 11) is -4.65. The summed E-state index contributed by atoms with van der Waals surface area (Å²) in [6, 6.07) is -1.49. The number of hydrogen-bond donors (Lipinski definition) is 3. The molecular weight excluding hydrogens is 766 g/mol. The zero-order valence-corrected chi connectivity index (χ0v) is 37.4. The van der Waals surface area contributed by atoms with Crippen molar-refractivity contribution in [2.75, 3.05) is 26.4 Å². The number of carboxylic acid groups (broad SMARTS) is 1. The molecule has 3 unspecified atom stereocenters. The Morgan fingerprint density at radius 1 is 0.559 bits per heavy atom. The molecule has 0 bridgehead atoms. The average Bonchev–Trinajstić information content (AvgIpc) is 3.21. The van der Waals surface area contributed by atoms with Crippen molar-refractivity contribution in [1.29, 1.82) is 0 Å². The molecule has 0 saturated carbocycles. The summed E-state index contributed by atoms with van der Waals surface area (Å²) >= 11 is 0. The Balaban J connectivity index is 4.35. The van der Waals surface area contributed by atoms with Gasteiger partial charge in [0.05, 0.1) is 26.2 Å². The van der Waals surface area contributed by atoms with Crippen LogP contribution >= 0.6 is 7.82 Å². The second kappa shape index (κ2) is 43.0. The van der Waals surface area contributed by atoms with Crippen LogP contribution in [0.1, 0.15) is 155 Å². The van der Waals surface area contributed by atoms with Gasteiger partial charge in [0, 0.05) is 6.61 Å². The van der Waals surface area contributed by atoms with Crippen molar-refractivity contribution in [3.05, 3.63) is 97.2 Å². The molecule has 10 nitrogen and oxygen atoms in total. The van der Waals surface area contributed by atoms with Crippen LogP contribution in [-0.2, 0) is 32.7 Å². The van der Waals surface area contributed by atoms with E-state index in [1.54, 1.807) is 6.08 Å². The lowest BCUT2D eigenvalue weighted by Gasteiger charge is -2.20. The van der Waals surface area contributed by atoms with Crippen LogP contribution in [0.3, 0.4) is 0 Å². The third kappa shape index (κ3) is 42.8. The number of unbranched alkanes of at least 4 members (excludes halogenated alkanes) is 12. The van der Waals surface area contributed by atoms with Crippen molar-refractivity contribution >= 4 is 19.8 Å². The van der Waals surface area contributed by atoms with E-state index >= 15 is 0 Å². The fourth-order valence-corrected chi connectivity index (χ4v) is 6.23. The van der Waals surface area contributed by atoms with E-state index in [0.29, 0.717) is 13.0 Å². The van der Waals surface area contributed by atoms with E-state index < -0.39 is 45.1 Å². The Hall–Kier alpha value is -3.11. The number of ether oxygens (including phenoxy) is 2. The maximum Gasteiger partial charge on any atom is 0.472 e. The molecule has 0 spiro atoms. The van der Waals surface area contributed by atoms with Crippen molar-refractivity contribution in [3.63, 3.8) is 0 Å². The number of rotatable bonds is 41. The molecule has 0 aliphatic heterocycles. The number of nitrogens with two attached hydrogens (primary N) is 1. The van der Waals surface area contributed by atoms with Gasteiger partial charge >= 0.3 is 19.8 Å². The molecule has 0 saturated heterocycles. The first-order valence-electron chi connectivity index (χ1n) is 22.3. The third-order valence-electron chi connectivity index (χ3n) is 8.88. The van der Waals surface area contributed by atoms with Crippen LogP contribution in [0.15, 0.2) is 97.2 Å². The molecule has 0 aromatic carbocycles. The smallest absolute Gasteiger partial charge is 0.472 e. The second-order valence-corrected chi connectivity index (χ2v) is 15.9. The summed E-state index contributed by atoms with van der Waals surface area (Å²) in [6.45, 7) is 3.58. The molecule has 11 heteroatoms. The van der Waals surface area contributed by atoms with Gasteiger partial charge in [-0.15, -0.1) is 0 Å². The van der Waals surface area contributed by atoms with Gasteiger partial charge in [-0.2, -0.15) is 0 Å². The Bertz CT molecular complexity index is 1300. The predicted molar refractivity (Wildman–Crippen MR) is 244 cm³/mol. The Morgan fingerprint density at radius 3 is 1.47 bits per heavy atom. The highest BCUT2D eigenvalue weighted by Crippen LogP contribution is 2.43. The molecule has 59 heavy (non-hydrogen) atoms. The number of esters is 1. The second-order valence-electron chi connectivity index (χ2n) is 14.5. The van der Waals surface area contributed by atoms with E-state index in [-0.39, 0.29) is 13.0 Å². The highest BCUT2D eigenvalue weighted by molar-refractivity contribution is 7.47. The molecule has 0 heterocycles. The van der Waals surface area contributed by atoms with E-state index in [4.69, 9.17) is 29.4 Å². The molecule has 0 amide bonds. The highest BCUT2D eigenvalue weighted by Gasteiger charge is 2.27. The van der Waals surface area contributed by atoms with Gasteiger partial charge in [0.15, 0.2) is 0 Å². The molecule has 0 aromatic rings. The van der Waals surface area contributed by atoms with Crippen molar-refractivity contribution in [1.82, 2.24) is 0 Å². The summed E-state index contributed by atoms with van der Waals surface area (Å²) in [6.07, 6.45) is 56.4. The molecule has 0 fully saturated rings. The van der Waals surface area contributed by atoms with Crippen LogP contribution in [0, 0.1) is 0 Å². The van der Waals surface area contributed by atoms with Crippen molar-refractivity contribution in [3.8, 4) is 0 Å². The number of allylic oxidation sites excluding steroid dienone is 15. The van der Waals surface area contributed by atoms with E-state index in [1.165, 1.54) is 64.2 Å². The summed E-state index contributed by atoms with van der Waals surface area (Å²) in [5.74, 6) is -1.93. The summed E-state index contributed by atoms with van der Waals surface area (Å²) in [4.78, 5) is 33.5. The van der Waals surface area contributed by atoms with Gasteiger partial charge in [-0.1, -0.05) is 169 Å². The fourth-order valence-electron chi connectivity index (χ4n) is 5.45. The van der Waals surface area contributed by atoms with E-state index in [9.17, 15) is 19.0 Å². The lowest BCUT2D eigenvalue weighted by Crippen LogP contribution is -2.34. The Morgan fingerprint density at radius 2 is 0.983 bits per heavy atom. The van der Waals surface area contributed by atoms with Gasteiger partial charge in [-0.3, -0.25) is 18.6 Å². The first-order chi connectivity index (χ1) is 28.7. The van der Waals surface area contributed by atoms with Crippen LogP contribution in [-0.4, -0.2) is 60.5 Å². The molecule has 0 radical (unpaired) electrons. The molecule has 0 rings (SSSR count). The average molecular weight is 846 g/mol. The van der Waals surface area contributed by atoms with Crippen LogP contribution in [0.5, 0.6) is 0 Å². The standard InChI is InChI=1S/C48H80NO9P/c1-3-5-7-9-11-13-15-17-19-20-21-22-23-24-25-27-29-31-33-35-37-39-41-55-42-45(43-56-59(53,54)57-44-46(49)48(51)52)58-47(50)40-38-36-34-32-30-28-26-18-16-14-12-10-8-6-4-2/h6,8,12,14-15,17-18,20-21,23-24,26,30,32,36,38,45-46H,3-5,7,9-11,13,16,19,22,25,27-29,31,33-35,37,39-44,49H2,1-2H3,(H,51,52)(H,53,54)/b8-6-,14-12-,17-15-,21-20-,24-23-,26-18-,32-30-,38-36-. The Kier molecular flexibility index (Phi) is 40.7. The van der Waals surface area contributed by atoms with Crippen LogP contribution in [0.25, 0.3) is 0 Å². The van der Waals surface area contributed by atoms with Crippen LogP contribution < -0.4 is 5.73 Å². The molecule has 336 valence electrons. The molecule has 0 aliphatic carbocycles. The van der Waals surface area contributed by atoms with E-state index in [2.05, 4.69) is 92.8 Å². The summed E-state index contributed by atoms with van der Waals surface area (Å²) in [5, 5.41) is 8.90. The molecule has 0 aliphatic rings. The highest BCUT2D eigenvalue weighted by atomic mass is 31.2. The maximum absolute atomic E-state index is 12.6. The first kappa shape index (κ1) is 55.9. The number of carboxylic acids is 1. The predicted octanol–water partition coefficient (Wildman–Crippen LogP) is 12.5. The van der Waals surface area contributed by atoms with Crippen molar-refractivity contribution < 1.29 is 42.7 Å². The number of phosphoric ester groups is 1. The minimum Gasteiger partial charge on any atom is -0.480 e. The Labute approximate surface area is 358 Å². The zero-order chi connectivity index (χ0) is 43.3. The number of carbonyl (C=O) groups is 2. The summed E-state index contributed by atoms with van der Waals surface area (Å²) in [5.41, 5.74) is 5.35. The third-order valence-corrected chi connectivity index (χ3v) is 9.83. The van der Waals surface area contributed by atoms with Gasteiger partial charge < -0.3 is 25.2 Å². The topological polar surface area (TPSA) is 155 Å². The number of carbonyl (C=O) groups excluding carboxylic acids is 1. The minimum absolute atomic E-state index is 0.00977. The molecule has 4 N–H and O–H groups in total. The minimum atomic E-state index is -4.65. The fraction of sp³-hybridized carbons (Fsp3) is 0.625. The zero-order valence-electron chi connectivity index (χ0n) is 36.6. The van der Waals surface area contributed by atoms with Crippen molar-refractivity contribution in [2.24, 2.45) is 5.73 Å². The van der Waals surface area contributed by atoms with Gasteiger partial charge in [0.2, 0.25) is 0 Å². The number of phosphoric acid groups is 1. The lowest BCUT2D eigenvalue weighted by atomic mass is 10.1. The summed E-state index contributed by atoms with van der Waals surface area (Å²) < 4.78 is 33.2. The van der Waals surface area contributed by atoms with Gasteiger partial charge in [-0.05, 0) is 77.0 Å². The molecular formula is C48H80NO9P. The van der Waals surface area contributed by atoms with E-state index in [0.717, 1.165) is 64.2 Å². The molecule has 3 atom stereocenters. The van der Waals surface area contributed by atoms with Gasteiger partial charge in [-0.25, -0.2) is 4.57 Å². The van der Waals surface area contributed by atoms with Gasteiger partial charge in [0.25, 0.3) is 0 Å². The van der Waals surface area contributed by atoms with E-state index in [1.807, 2.05) is 12.2 Å². The lowest BCUT2D eigenvalue weighted by molar-refractivity contribution is -0.153. The van der Waals surface area contributed by atoms with Gasteiger partial charge in [0.1, 0.15) is 12.1 Å². The largest absolute Gasteiger partial charge is 0.480 e. The maximum atomic E-state index is 12.6. The number of aliphatic carboxylic acids is 1. The van der Waals surface area contributed by atoms with Crippen LogP contribution in [0.4, 0.5) is 0 Å².